The monoisotopic (exact) mass is 285 g/mol. The molecule has 2 atom stereocenters. The van der Waals surface area contributed by atoms with Crippen molar-refractivity contribution in [1.29, 1.82) is 0 Å². The van der Waals surface area contributed by atoms with Crippen LogP contribution >= 0.6 is 11.6 Å². The van der Waals surface area contributed by atoms with Crippen molar-refractivity contribution < 1.29 is 14.6 Å². The van der Waals surface area contributed by atoms with Gasteiger partial charge in [0.25, 0.3) is 5.91 Å². The van der Waals surface area contributed by atoms with Gasteiger partial charge in [0.15, 0.2) is 6.61 Å². The number of carbonyl (C=O) groups is 1. The van der Waals surface area contributed by atoms with Crippen molar-refractivity contribution in [2.45, 2.75) is 26.4 Å². The van der Waals surface area contributed by atoms with Gasteiger partial charge >= 0.3 is 0 Å². The summed E-state index contributed by atoms with van der Waals surface area (Å²) in [7, 11) is 0. The lowest BCUT2D eigenvalue weighted by Crippen LogP contribution is -2.37. The first-order chi connectivity index (χ1) is 9.02. The summed E-state index contributed by atoms with van der Waals surface area (Å²) >= 11 is 5.74. The van der Waals surface area contributed by atoms with Crippen LogP contribution in [-0.4, -0.2) is 30.3 Å². The molecule has 106 valence electrons. The highest BCUT2D eigenvalue weighted by molar-refractivity contribution is 6.30. The van der Waals surface area contributed by atoms with E-state index in [9.17, 15) is 9.90 Å². The lowest BCUT2D eigenvalue weighted by atomic mass is 10.0. The topological polar surface area (TPSA) is 58.6 Å². The predicted octanol–water partition coefficient (Wildman–Crippen LogP) is 2.24. The average molecular weight is 286 g/mol. The molecule has 0 radical (unpaired) electrons. The minimum atomic E-state index is -0.524. The molecule has 19 heavy (non-hydrogen) atoms. The quantitative estimate of drug-likeness (QED) is 0.808. The Morgan fingerprint density at radius 3 is 2.63 bits per heavy atom. The van der Waals surface area contributed by atoms with Crippen LogP contribution in [0, 0.1) is 5.92 Å². The second kappa shape index (κ2) is 8.02. The van der Waals surface area contributed by atoms with Crippen LogP contribution in [0.3, 0.4) is 0 Å². The van der Waals surface area contributed by atoms with E-state index in [2.05, 4.69) is 5.32 Å². The van der Waals surface area contributed by atoms with Gasteiger partial charge < -0.3 is 15.2 Å². The second-order valence-corrected chi connectivity index (χ2v) is 4.94. The maximum absolute atomic E-state index is 11.5. The number of amides is 1. The standard InChI is InChI=1S/C14H20ClNO3/c1-3-10(2)13(17)8-16-14(18)9-19-12-6-4-11(15)5-7-12/h4-7,10,13,17H,3,8-9H2,1-2H3,(H,16,18). The summed E-state index contributed by atoms with van der Waals surface area (Å²) in [5, 5.41) is 13.0. The largest absolute Gasteiger partial charge is 0.484 e. The SMILES string of the molecule is CCC(C)C(O)CNC(=O)COc1ccc(Cl)cc1. The minimum Gasteiger partial charge on any atom is -0.484 e. The molecule has 0 aliphatic carbocycles. The van der Waals surface area contributed by atoms with Crippen molar-refractivity contribution in [3.8, 4) is 5.75 Å². The number of aliphatic hydroxyl groups is 1. The van der Waals surface area contributed by atoms with E-state index >= 15 is 0 Å². The first-order valence-electron chi connectivity index (χ1n) is 6.36. The van der Waals surface area contributed by atoms with Gasteiger partial charge in [0.05, 0.1) is 6.10 Å². The van der Waals surface area contributed by atoms with Gasteiger partial charge in [-0.05, 0) is 30.2 Å². The molecule has 0 heterocycles. The Hall–Kier alpha value is -1.26. The van der Waals surface area contributed by atoms with Gasteiger partial charge in [-0.3, -0.25) is 4.79 Å². The molecule has 2 unspecified atom stereocenters. The fourth-order valence-electron chi connectivity index (χ4n) is 1.42. The Balaban J connectivity index is 2.26. The number of benzene rings is 1. The van der Waals surface area contributed by atoms with Gasteiger partial charge in [-0.25, -0.2) is 0 Å². The van der Waals surface area contributed by atoms with Crippen molar-refractivity contribution in [3.05, 3.63) is 29.3 Å². The molecule has 0 aliphatic heterocycles. The van der Waals surface area contributed by atoms with Crippen molar-refractivity contribution in [2.75, 3.05) is 13.2 Å². The summed E-state index contributed by atoms with van der Waals surface area (Å²) in [5.74, 6) is 0.497. The van der Waals surface area contributed by atoms with E-state index in [0.717, 1.165) is 6.42 Å². The molecule has 0 fully saturated rings. The summed E-state index contributed by atoms with van der Waals surface area (Å²) < 4.78 is 5.29. The van der Waals surface area contributed by atoms with Crippen molar-refractivity contribution >= 4 is 17.5 Å². The van der Waals surface area contributed by atoms with Crippen LogP contribution in [-0.2, 0) is 4.79 Å². The number of carbonyl (C=O) groups excluding carboxylic acids is 1. The highest BCUT2D eigenvalue weighted by Gasteiger charge is 2.13. The van der Waals surface area contributed by atoms with E-state index in [0.29, 0.717) is 10.8 Å². The lowest BCUT2D eigenvalue weighted by Gasteiger charge is -2.17. The third-order valence-electron chi connectivity index (χ3n) is 2.99. The van der Waals surface area contributed by atoms with E-state index in [1.54, 1.807) is 24.3 Å². The number of nitrogens with one attached hydrogen (secondary N) is 1. The third-order valence-corrected chi connectivity index (χ3v) is 3.24. The number of halogens is 1. The molecule has 1 amide bonds. The van der Waals surface area contributed by atoms with Gasteiger partial charge in [-0.1, -0.05) is 31.9 Å². The molecule has 0 aliphatic rings. The van der Waals surface area contributed by atoms with E-state index in [4.69, 9.17) is 16.3 Å². The summed E-state index contributed by atoms with van der Waals surface area (Å²) in [6, 6.07) is 6.79. The van der Waals surface area contributed by atoms with Gasteiger partial charge in [-0.15, -0.1) is 0 Å². The number of aliphatic hydroxyl groups excluding tert-OH is 1. The molecule has 1 aromatic rings. The molecule has 0 aromatic heterocycles. The van der Waals surface area contributed by atoms with Crippen molar-refractivity contribution in [1.82, 2.24) is 5.32 Å². The molecule has 0 saturated heterocycles. The molecule has 4 nitrogen and oxygen atoms in total. The number of hydrogen-bond acceptors (Lipinski definition) is 3. The highest BCUT2D eigenvalue weighted by atomic mass is 35.5. The van der Waals surface area contributed by atoms with E-state index in [1.807, 2.05) is 13.8 Å². The first kappa shape index (κ1) is 15.8. The second-order valence-electron chi connectivity index (χ2n) is 4.50. The lowest BCUT2D eigenvalue weighted by molar-refractivity contribution is -0.123. The highest BCUT2D eigenvalue weighted by Crippen LogP contribution is 2.15. The Morgan fingerprint density at radius 2 is 2.05 bits per heavy atom. The van der Waals surface area contributed by atoms with Crippen molar-refractivity contribution in [2.24, 2.45) is 5.92 Å². The van der Waals surface area contributed by atoms with Gasteiger partial charge in [0.2, 0.25) is 0 Å². The van der Waals surface area contributed by atoms with Crippen LogP contribution in [0.1, 0.15) is 20.3 Å². The summed E-state index contributed by atoms with van der Waals surface area (Å²) in [6.07, 6.45) is 0.350. The van der Waals surface area contributed by atoms with Crippen LogP contribution in [0.15, 0.2) is 24.3 Å². The number of ether oxygens (including phenoxy) is 1. The molecule has 0 spiro atoms. The Labute approximate surface area is 118 Å². The molecule has 5 heteroatoms. The molecule has 0 bridgehead atoms. The van der Waals surface area contributed by atoms with E-state index in [-0.39, 0.29) is 25.0 Å². The molecule has 0 saturated carbocycles. The van der Waals surface area contributed by atoms with Crippen LogP contribution < -0.4 is 10.1 Å². The normalized spacial score (nSPS) is 13.7. The summed E-state index contributed by atoms with van der Waals surface area (Å²) in [4.78, 5) is 11.5. The van der Waals surface area contributed by atoms with Crippen LogP contribution in [0.4, 0.5) is 0 Å². The van der Waals surface area contributed by atoms with Gasteiger partial charge in [0.1, 0.15) is 5.75 Å². The fourth-order valence-corrected chi connectivity index (χ4v) is 1.55. The van der Waals surface area contributed by atoms with Gasteiger partial charge in [-0.2, -0.15) is 0 Å². The number of hydrogen-bond donors (Lipinski definition) is 2. The predicted molar refractivity (Wildman–Crippen MR) is 75.4 cm³/mol. The van der Waals surface area contributed by atoms with Crippen LogP contribution in [0.25, 0.3) is 0 Å². The Kier molecular flexibility index (Phi) is 6.67. The Morgan fingerprint density at radius 1 is 1.42 bits per heavy atom. The third kappa shape index (κ3) is 5.94. The minimum absolute atomic E-state index is 0.0745. The maximum Gasteiger partial charge on any atom is 0.258 e. The summed E-state index contributed by atoms with van der Waals surface area (Å²) in [6.45, 7) is 4.12. The Bertz CT molecular complexity index is 394. The molecular weight excluding hydrogens is 266 g/mol. The van der Waals surface area contributed by atoms with E-state index in [1.165, 1.54) is 0 Å². The first-order valence-corrected chi connectivity index (χ1v) is 6.73. The number of rotatable bonds is 7. The molecule has 2 N–H and O–H groups in total. The zero-order valence-electron chi connectivity index (χ0n) is 11.2. The molecule has 1 aromatic carbocycles. The zero-order chi connectivity index (χ0) is 14.3. The average Bonchev–Trinajstić information content (AvgIpc) is 2.43. The van der Waals surface area contributed by atoms with Crippen LogP contribution in [0.5, 0.6) is 5.75 Å². The molecule has 1 rings (SSSR count). The summed E-state index contributed by atoms with van der Waals surface area (Å²) in [5.41, 5.74) is 0. The fraction of sp³-hybridized carbons (Fsp3) is 0.500. The smallest absolute Gasteiger partial charge is 0.258 e. The van der Waals surface area contributed by atoms with Crippen molar-refractivity contribution in [3.63, 3.8) is 0 Å². The van der Waals surface area contributed by atoms with Crippen LogP contribution in [0.2, 0.25) is 5.02 Å². The van der Waals surface area contributed by atoms with E-state index < -0.39 is 6.10 Å². The maximum atomic E-state index is 11.5. The molecular formula is C14H20ClNO3. The van der Waals surface area contributed by atoms with Gasteiger partial charge in [0, 0.05) is 11.6 Å². The zero-order valence-corrected chi connectivity index (χ0v) is 12.0.